The van der Waals surface area contributed by atoms with Gasteiger partial charge in [0.2, 0.25) is 0 Å². The van der Waals surface area contributed by atoms with Gasteiger partial charge in [0.1, 0.15) is 16.9 Å². The maximum absolute atomic E-state index is 12.3. The van der Waals surface area contributed by atoms with Gasteiger partial charge in [0.15, 0.2) is 17.3 Å². The summed E-state index contributed by atoms with van der Waals surface area (Å²) >= 11 is 0. The molecule has 3 aromatic rings. The van der Waals surface area contributed by atoms with E-state index in [2.05, 4.69) is 20.1 Å². The molecule has 1 N–H and O–H groups in total. The molecular formula is C25H27N5O4. The normalized spacial score (nSPS) is 17.5. The van der Waals surface area contributed by atoms with Crippen LogP contribution in [0.4, 0.5) is 10.6 Å². The fourth-order valence-corrected chi connectivity index (χ4v) is 4.12. The number of aromatic hydroxyl groups is 1. The topological polar surface area (TPSA) is 104 Å². The van der Waals surface area contributed by atoms with Crippen molar-refractivity contribution in [1.29, 1.82) is 0 Å². The number of furan rings is 1. The van der Waals surface area contributed by atoms with Gasteiger partial charge in [0.05, 0.1) is 5.39 Å². The molecule has 5 rings (SSSR count). The zero-order valence-corrected chi connectivity index (χ0v) is 19.5. The molecule has 1 fully saturated rings. The first-order chi connectivity index (χ1) is 16.3. The summed E-state index contributed by atoms with van der Waals surface area (Å²) < 4.78 is 11.6. The lowest BCUT2D eigenvalue weighted by molar-refractivity contribution is 0.0139. The number of aromatic nitrogens is 1. The number of benzene rings is 1. The summed E-state index contributed by atoms with van der Waals surface area (Å²) in [7, 11) is 0. The monoisotopic (exact) mass is 461 g/mol. The molecule has 0 unspecified atom stereocenters. The number of hydrogen-bond donors (Lipinski definition) is 1. The van der Waals surface area contributed by atoms with Crippen molar-refractivity contribution in [2.45, 2.75) is 32.9 Å². The van der Waals surface area contributed by atoms with Crippen LogP contribution in [0, 0.1) is 0 Å². The van der Waals surface area contributed by atoms with Crippen LogP contribution in [0.3, 0.4) is 0 Å². The van der Waals surface area contributed by atoms with Gasteiger partial charge >= 0.3 is 6.09 Å². The molecule has 4 heterocycles. The number of piperazine rings is 1. The molecule has 0 radical (unpaired) electrons. The smallest absolute Gasteiger partial charge is 0.410 e. The summed E-state index contributed by atoms with van der Waals surface area (Å²) in [5, 5.41) is 19.7. The van der Waals surface area contributed by atoms with Crippen LogP contribution < -0.4 is 0 Å². The molecule has 0 atom stereocenters. The van der Waals surface area contributed by atoms with Gasteiger partial charge in [-0.2, -0.15) is 0 Å². The van der Waals surface area contributed by atoms with Crippen molar-refractivity contribution in [3.63, 3.8) is 0 Å². The Morgan fingerprint density at radius 2 is 1.94 bits per heavy atom. The molecule has 0 saturated carbocycles. The number of rotatable bonds is 3. The maximum atomic E-state index is 12.3. The molecule has 34 heavy (non-hydrogen) atoms. The minimum Gasteiger partial charge on any atom is -0.504 e. The zero-order chi connectivity index (χ0) is 23.9. The lowest BCUT2D eigenvalue weighted by atomic mass is 10.1. The molecule has 0 aliphatic carbocycles. The van der Waals surface area contributed by atoms with Gasteiger partial charge in [-0.05, 0) is 39.0 Å². The van der Waals surface area contributed by atoms with Crippen molar-refractivity contribution in [2.75, 3.05) is 26.2 Å². The van der Waals surface area contributed by atoms with E-state index in [1.165, 1.54) is 0 Å². The van der Waals surface area contributed by atoms with Crippen LogP contribution in [0.2, 0.25) is 0 Å². The van der Waals surface area contributed by atoms with Gasteiger partial charge in [-0.15, -0.1) is 10.2 Å². The number of carbonyl (C=O) groups excluding carboxylic acids is 1. The predicted octanol–water partition coefficient (Wildman–Crippen LogP) is 5.18. The first-order valence-electron chi connectivity index (χ1n) is 11.3. The Morgan fingerprint density at radius 3 is 2.71 bits per heavy atom. The SMILES string of the molecule is CC(C)(C)OC(=O)N1CCN(Cc2cccc3c(O)c(C=C4N=Nc5ncccc54)oc23)CC1. The van der Waals surface area contributed by atoms with Crippen LogP contribution in [-0.4, -0.2) is 57.8 Å². The average molecular weight is 462 g/mol. The molecule has 2 aromatic heterocycles. The molecular weight excluding hydrogens is 434 g/mol. The molecule has 9 nitrogen and oxygen atoms in total. The molecule has 1 aromatic carbocycles. The highest BCUT2D eigenvalue weighted by molar-refractivity contribution is 5.94. The minimum atomic E-state index is -0.503. The van der Waals surface area contributed by atoms with Crippen molar-refractivity contribution in [1.82, 2.24) is 14.8 Å². The van der Waals surface area contributed by atoms with E-state index >= 15 is 0 Å². The highest BCUT2D eigenvalue weighted by Crippen LogP contribution is 2.39. The summed E-state index contributed by atoms with van der Waals surface area (Å²) in [6, 6.07) is 9.45. The number of ether oxygens (including phenoxy) is 1. The lowest BCUT2D eigenvalue weighted by Gasteiger charge is -2.35. The van der Waals surface area contributed by atoms with Crippen LogP contribution in [0.1, 0.15) is 37.7 Å². The zero-order valence-electron chi connectivity index (χ0n) is 19.5. The number of hydrogen-bond acceptors (Lipinski definition) is 8. The number of pyridine rings is 1. The number of azo groups is 1. The van der Waals surface area contributed by atoms with E-state index in [9.17, 15) is 9.90 Å². The Labute approximate surface area is 197 Å². The third-order valence-corrected chi connectivity index (χ3v) is 5.80. The van der Waals surface area contributed by atoms with Crippen LogP contribution in [0.5, 0.6) is 5.75 Å². The van der Waals surface area contributed by atoms with Gasteiger partial charge in [-0.25, -0.2) is 9.78 Å². The van der Waals surface area contributed by atoms with Crippen LogP contribution >= 0.6 is 0 Å². The average Bonchev–Trinajstić information content (AvgIpc) is 3.35. The Hall–Kier alpha value is -3.72. The van der Waals surface area contributed by atoms with Crippen molar-refractivity contribution < 1.29 is 19.1 Å². The second-order valence-corrected chi connectivity index (χ2v) is 9.46. The number of nitrogens with zero attached hydrogens (tertiary/aromatic N) is 5. The largest absolute Gasteiger partial charge is 0.504 e. The quantitative estimate of drug-likeness (QED) is 0.576. The Balaban J connectivity index is 1.33. The predicted molar refractivity (Wildman–Crippen MR) is 128 cm³/mol. The van der Waals surface area contributed by atoms with Gasteiger partial charge in [-0.1, -0.05) is 12.1 Å². The summed E-state index contributed by atoms with van der Waals surface area (Å²) in [4.78, 5) is 20.5. The van der Waals surface area contributed by atoms with E-state index in [-0.39, 0.29) is 11.8 Å². The summed E-state index contributed by atoms with van der Waals surface area (Å²) in [6.45, 7) is 8.91. The molecule has 0 bridgehead atoms. The fraction of sp³-hybridized carbons (Fsp3) is 0.360. The van der Waals surface area contributed by atoms with E-state index in [0.29, 0.717) is 47.9 Å². The van der Waals surface area contributed by atoms with Gasteiger partial charge in [0.25, 0.3) is 0 Å². The fourth-order valence-electron chi connectivity index (χ4n) is 4.12. The first-order valence-corrected chi connectivity index (χ1v) is 11.3. The van der Waals surface area contributed by atoms with Crippen LogP contribution in [0.25, 0.3) is 22.7 Å². The van der Waals surface area contributed by atoms with Gasteiger partial charge in [0, 0.05) is 56.1 Å². The molecule has 1 amide bonds. The Bertz CT molecular complexity index is 1300. The summed E-state index contributed by atoms with van der Waals surface area (Å²) in [6.07, 6.45) is 3.08. The van der Waals surface area contributed by atoms with E-state index < -0.39 is 5.60 Å². The Kier molecular flexibility index (Phi) is 5.57. The molecule has 0 spiro atoms. The van der Waals surface area contributed by atoms with E-state index in [1.54, 1.807) is 17.2 Å². The number of fused-ring (bicyclic) bond motifs is 2. The Morgan fingerprint density at radius 1 is 1.15 bits per heavy atom. The highest BCUT2D eigenvalue weighted by Gasteiger charge is 2.26. The molecule has 9 heteroatoms. The first kappa shape index (κ1) is 22.1. The molecule has 1 saturated heterocycles. The van der Waals surface area contributed by atoms with E-state index in [1.807, 2.05) is 51.1 Å². The summed E-state index contributed by atoms with van der Waals surface area (Å²) in [5.41, 5.74) is 2.50. The molecule has 2 aliphatic rings. The molecule has 2 aliphatic heterocycles. The second-order valence-electron chi connectivity index (χ2n) is 9.46. The van der Waals surface area contributed by atoms with Crippen molar-refractivity contribution in [3.05, 3.63) is 53.4 Å². The van der Waals surface area contributed by atoms with E-state index in [4.69, 9.17) is 9.15 Å². The number of amides is 1. The van der Waals surface area contributed by atoms with Crippen molar-refractivity contribution in [2.24, 2.45) is 10.2 Å². The third-order valence-electron chi connectivity index (χ3n) is 5.80. The van der Waals surface area contributed by atoms with E-state index in [0.717, 1.165) is 24.2 Å². The number of para-hydroxylation sites is 1. The molecule has 176 valence electrons. The minimum absolute atomic E-state index is 0.0756. The van der Waals surface area contributed by atoms with Crippen molar-refractivity contribution in [3.8, 4) is 5.75 Å². The van der Waals surface area contributed by atoms with Gasteiger partial charge in [-0.3, -0.25) is 4.90 Å². The second kappa shape index (κ2) is 8.57. The van der Waals surface area contributed by atoms with Crippen molar-refractivity contribution >= 4 is 34.7 Å². The van der Waals surface area contributed by atoms with Gasteiger partial charge < -0.3 is 19.2 Å². The highest BCUT2D eigenvalue weighted by atomic mass is 16.6. The third kappa shape index (κ3) is 4.38. The lowest BCUT2D eigenvalue weighted by Crippen LogP contribution is -2.49. The standard InChI is InChI=1S/C25H27N5O4/c1-25(2,3)34-24(32)30-12-10-29(11-13-30)15-16-6-4-7-18-21(31)20(33-22(16)18)14-19-17-8-5-9-26-23(17)28-27-19/h4-9,14,31H,10-13,15H2,1-3H3. The maximum Gasteiger partial charge on any atom is 0.410 e. The summed E-state index contributed by atoms with van der Waals surface area (Å²) in [5.74, 6) is 0.963. The van der Waals surface area contributed by atoms with Crippen LogP contribution in [-0.2, 0) is 11.3 Å². The van der Waals surface area contributed by atoms with Crippen LogP contribution in [0.15, 0.2) is 51.2 Å². The number of carbonyl (C=O) groups is 1.